The molecule has 30 heavy (non-hydrogen) atoms. The van der Waals surface area contributed by atoms with Gasteiger partial charge in [-0.05, 0) is 60.7 Å². The molecule has 3 aromatic carbocycles. The van der Waals surface area contributed by atoms with Gasteiger partial charge in [0.2, 0.25) is 0 Å². The maximum Gasteiger partial charge on any atom is 0.262 e. The fourth-order valence-corrected chi connectivity index (χ4v) is 3.45. The van der Waals surface area contributed by atoms with Crippen molar-refractivity contribution in [3.05, 3.63) is 84.2 Å². The van der Waals surface area contributed by atoms with Crippen molar-refractivity contribution in [2.75, 3.05) is 16.6 Å². The van der Waals surface area contributed by atoms with E-state index in [1.807, 2.05) is 0 Å². The van der Waals surface area contributed by atoms with Gasteiger partial charge in [-0.3, -0.25) is 9.52 Å². The average molecular weight is 436 g/mol. The van der Waals surface area contributed by atoms with Crippen molar-refractivity contribution in [2.24, 2.45) is 0 Å². The molecule has 6 nitrogen and oxygen atoms in total. The lowest BCUT2D eigenvalue weighted by atomic mass is 10.3. The van der Waals surface area contributed by atoms with Crippen molar-refractivity contribution in [1.82, 2.24) is 0 Å². The first-order valence-corrected chi connectivity index (χ1v) is 9.98. The maximum absolute atomic E-state index is 13.5. The molecule has 0 saturated heterocycles. The predicted octanol–water partition coefficient (Wildman–Crippen LogP) is 3.92. The molecule has 2 N–H and O–H groups in total. The molecule has 10 heteroatoms. The number of anilines is 2. The van der Waals surface area contributed by atoms with Crippen LogP contribution in [0, 0.1) is 17.5 Å². The molecule has 0 radical (unpaired) electrons. The number of sulfonamides is 1. The molecular formula is C20H15F3N2O4S. The Morgan fingerprint density at radius 1 is 0.867 bits per heavy atom. The van der Waals surface area contributed by atoms with E-state index in [0.717, 1.165) is 30.3 Å². The fraction of sp³-hybridized carbons (Fsp3) is 0.0500. The normalized spacial score (nSPS) is 11.0. The Bertz CT molecular complexity index is 1130. The average Bonchev–Trinajstić information content (AvgIpc) is 2.71. The van der Waals surface area contributed by atoms with Gasteiger partial charge in [0.15, 0.2) is 6.61 Å². The molecule has 3 aromatic rings. The minimum atomic E-state index is -3.92. The number of para-hydroxylation sites is 1. The summed E-state index contributed by atoms with van der Waals surface area (Å²) in [7, 11) is -3.92. The van der Waals surface area contributed by atoms with Crippen LogP contribution < -0.4 is 14.8 Å². The van der Waals surface area contributed by atoms with E-state index in [1.54, 1.807) is 0 Å². The van der Waals surface area contributed by atoms with Gasteiger partial charge >= 0.3 is 0 Å². The second-order valence-corrected chi connectivity index (χ2v) is 7.70. The highest BCUT2D eigenvalue weighted by Crippen LogP contribution is 2.20. The summed E-state index contributed by atoms with van der Waals surface area (Å²) in [6.45, 7) is -0.548. The molecule has 0 unspecified atom stereocenters. The Kier molecular flexibility index (Phi) is 6.26. The zero-order valence-electron chi connectivity index (χ0n) is 15.2. The lowest BCUT2D eigenvalue weighted by molar-refractivity contribution is -0.118. The summed E-state index contributed by atoms with van der Waals surface area (Å²) in [5.74, 6) is -2.98. The second-order valence-electron chi connectivity index (χ2n) is 6.02. The van der Waals surface area contributed by atoms with Crippen LogP contribution >= 0.6 is 0 Å². The molecule has 0 saturated carbocycles. The van der Waals surface area contributed by atoms with Crippen LogP contribution in [0.2, 0.25) is 0 Å². The van der Waals surface area contributed by atoms with E-state index in [4.69, 9.17) is 4.74 Å². The SMILES string of the molecule is O=C(COc1ccc(S(=O)(=O)Nc2ccc(F)cc2)cc1)Nc1c(F)cccc1F. The third-order valence-electron chi connectivity index (χ3n) is 3.83. The molecule has 1 amide bonds. The van der Waals surface area contributed by atoms with Crippen LogP contribution in [0.15, 0.2) is 71.6 Å². The van der Waals surface area contributed by atoms with E-state index < -0.39 is 45.7 Å². The highest BCUT2D eigenvalue weighted by molar-refractivity contribution is 7.92. The number of halogens is 3. The number of amides is 1. The van der Waals surface area contributed by atoms with Crippen molar-refractivity contribution in [3.8, 4) is 5.75 Å². The van der Waals surface area contributed by atoms with E-state index in [0.29, 0.717) is 0 Å². The molecule has 0 spiro atoms. The van der Waals surface area contributed by atoms with Gasteiger partial charge < -0.3 is 10.1 Å². The van der Waals surface area contributed by atoms with Gasteiger partial charge in [0.25, 0.3) is 15.9 Å². The van der Waals surface area contributed by atoms with E-state index >= 15 is 0 Å². The van der Waals surface area contributed by atoms with Crippen LogP contribution in [0.3, 0.4) is 0 Å². The van der Waals surface area contributed by atoms with E-state index in [-0.39, 0.29) is 16.3 Å². The van der Waals surface area contributed by atoms with Gasteiger partial charge in [-0.1, -0.05) is 6.07 Å². The second kappa shape index (κ2) is 8.87. The lowest BCUT2D eigenvalue weighted by Crippen LogP contribution is -2.21. The van der Waals surface area contributed by atoms with Crippen molar-refractivity contribution >= 4 is 27.3 Å². The largest absolute Gasteiger partial charge is 0.484 e. The molecule has 0 heterocycles. The number of carbonyl (C=O) groups excluding carboxylic acids is 1. The first kappa shape index (κ1) is 21.2. The first-order valence-electron chi connectivity index (χ1n) is 8.50. The van der Waals surface area contributed by atoms with Gasteiger partial charge in [0, 0.05) is 5.69 Å². The Balaban J connectivity index is 1.60. The summed E-state index contributed by atoms with van der Waals surface area (Å²) in [4.78, 5) is 11.8. The monoisotopic (exact) mass is 436 g/mol. The van der Waals surface area contributed by atoms with Gasteiger partial charge in [0.05, 0.1) is 4.90 Å². The topological polar surface area (TPSA) is 84.5 Å². The predicted molar refractivity (Wildman–Crippen MR) is 104 cm³/mol. The molecule has 0 bridgehead atoms. The Hall–Kier alpha value is -3.53. The van der Waals surface area contributed by atoms with Crippen LogP contribution in [-0.4, -0.2) is 20.9 Å². The van der Waals surface area contributed by atoms with Gasteiger partial charge in [0.1, 0.15) is 28.9 Å². The Morgan fingerprint density at radius 3 is 2.07 bits per heavy atom. The number of carbonyl (C=O) groups is 1. The third kappa shape index (κ3) is 5.29. The van der Waals surface area contributed by atoms with Crippen molar-refractivity contribution < 1.29 is 31.1 Å². The van der Waals surface area contributed by atoms with Gasteiger partial charge in [-0.15, -0.1) is 0 Å². The maximum atomic E-state index is 13.5. The zero-order valence-corrected chi connectivity index (χ0v) is 16.0. The summed E-state index contributed by atoms with van der Waals surface area (Å²) in [6.07, 6.45) is 0. The van der Waals surface area contributed by atoms with Crippen LogP contribution in [-0.2, 0) is 14.8 Å². The summed E-state index contributed by atoms with van der Waals surface area (Å²) < 4.78 is 72.2. The minimum Gasteiger partial charge on any atom is -0.484 e. The standard InChI is InChI=1S/C20H15F3N2O4S/c21-13-4-6-14(7-5-13)25-30(27,28)16-10-8-15(9-11-16)29-12-19(26)24-20-17(22)2-1-3-18(20)23/h1-11,25H,12H2,(H,24,26). The number of benzene rings is 3. The summed E-state index contributed by atoms with van der Waals surface area (Å²) in [6, 6.07) is 13.1. The van der Waals surface area contributed by atoms with Crippen LogP contribution in [0.5, 0.6) is 5.75 Å². The van der Waals surface area contributed by atoms with Gasteiger partial charge in [-0.2, -0.15) is 0 Å². The quantitative estimate of drug-likeness (QED) is 0.588. The van der Waals surface area contributed by atoms with E-state index in [1.165, 1.54) is 36.4 Å². The molecular weight excluding hydrogens is 421 g/mol. The number of nitrogens with one attached hydrogen (secondary N) is 2. The first-order chi connectivity index (χ1) is 14.2. The number of rotatable bonds is 7. The molecule has 0 aliphatic heterocycles. The minimum absolute atomic E-state index is 0.0861. The van der Waals surface area contributed by atoms with E-state index in [2.05, 4.69) is 10.0 Å². The Labute approximate surface area is 170 Å². The third-order valence-corrected chi connectivity index (χ3v) is 5.22. The molecule has 156 valence electrons. The van der Waals surface area contributed by atoms with Crippen molar-refractivity contribution in [1.29, 1.82) is 0 Å². The van der Waals surface area contributed by atoms with Crippen molar-refractivity contribution in [2.45, 2.75) is 4.90 Å². The van der Waals surface area contributed by atoms with Crippen molar-refractivity contribution in [3.63, 3.8) is 0 Å². The fourth-order valence-electron chi connectivity index (χ4n) is 2.39. The van der Waals surface area contributed by atoms with E-state index in [9.17, 15) is 26.4 Å². The molecule has 3 rings (SSSR count). The molecule has 0 aliphatic rings. The molecule has 0 fully saturated rings. The Morgan fingerprint density at radius 2 is 1.47 bits per heavy atom. The number of hydrogen-bond donors (Lipinski definition) is 2. The van der Waals surface area contributed by atoms with Gasteiger partial charge in [-0.25, -0.2) is 21.6 Å². The molecule has 0 aliphatic carbocycles. The summed E-state index contributed by atoms with van der Waals surface area (Å²) in [5, 5.41) is 2.07. The van der Waals surface area contributed by atoms with Crippen LogP contribution in [0.1, 0.15) is 0 Å². The lowest BCUT2D eigenvalue weighted by Gasteiger charge is -2.10. The summed E-state index contributed by atoms with van der Waals surface area (Å²) >= 11 is 0. The van der Waals surface area contributed by atoms with Crippen LogP contribution in [0.25, 0.3) is 0 Å². The number of ether oxygens (including phenoxy) is 1. The highest BCUT2D eigenvalue weighted by atomic mass is 32.2. The smallest absolute Gasteiger partial charge is 0.262 e. The summed E-state index contributed by atoms with van der Waals surface area (Å²) in [5.41, 5.74) is -0.395. The molecule has 0 aromatic heterocycles. The highest BCUT2D eigenvalue weighted by Gasteiger charge is 2.15. The number of hydrogen-bond acceptors (Lipinski definition) is 4. The molecule has 0 atom stereocenters. The van der Waals surface area contributed by atoms with Crippen LogP contribution in [0.4, 0.5) is 24.5 Å². The zero-order chi connectivity index (χ0) is 21.7.